The number of aryl methyl sites for hydroxylation is 1. The molecule has 0 saturated carbocycles. The molecule has 6 heteroatoms. The van der Waals surface area contributed by atoms with Gasteiger partial charge in [-0.15, -0.1) is 0 Å². The first-order valence-electron chi connectivity index (χ1n) is 9.38. The second kappa shape index (κ2) is 7.84. The molecular formula is C22H26N4O2. The number of nitrogens with zero attached hydrogens (tertiary/aromatic N) is 3. The molecule has 0 aliphatic rings. The summed E-state index contributed by atoms with van der Waals surface area (Å²) in [5.74, 6) is -0.135. The van der Waals surface area contributed by atoms with E-state index in [0.717, 1.165) is 22.5 Å². The van der Waals surface area contributed by atoms with Crippen molar-refractivity contribution in [2.24, 2.45) is 11.7 Å². The van der Waals surface area contributed by atoms with Crippen LogP contribution in [0.3, 0.4) is 0 Å². The Morgan fingerprint density at radius 3 is 2.43 bits per heavy atom. The maximum atomic E-state index is 12.5. The Kier molecular flexibility index (Phi) is 5.49. The number of hydrogen-bond donors (Lipinski definition) is 1. The molecule has 1 aromatic carbocycles. The smallest absolute Gasteiger partial charge is 0.250 e. The highest BCUT2D eigenvalue weighted by atomic mass is 16.2. The van der Waals surface area contributed by atoms with Crippen molar-refractivity contribution < 1.29 is 9.59 Å². The number of primary amides is 1. The first kappa shape index (κ1) is 19.6. The molecule has 0 unspecified atom stereocenters. The van der Waals surface area contributed by atoms with Crippen LogP contribution >= 0.6 is 0 Å². The van der Waals surface area contributed by atoms with E-state index in [2.05, 4.69) is 0 Å². The third kappa shape index (κ3) is 4.06. The SMILES string of the molecule is Cc1ccc(-c2nc3ccc(C(N)=O)cn3c2CN(C)C(=O)CC(C)C)cc1. The van der Waals surface area contributed by atoms with Crippen LogP contribution in [0.15, 0.2) is 42.6 Å². The van der Waals surface area contributed by atoms with Crippen molar-refractivity contribution in [3.05, 3.63) is 59.4 Å². The van der Waals surface area contributed by atoms with Crippen LogP contribution < -0.4 is 5.73 Å². The van der Waals surface area contributed by atoms with Crippen molar-refractivity contribution in [2.75, 3.05) is 7.05 Å². The summed E-state index contributed by atoms with van der Waals surface area (Å²) in [5.41, 5.74) is 10.3. The predicted octanol–water partition coefficient (Wildman–Crippen LogP) is 3.41. The minimum Gasteiger partial charge on any atom is -0.366 e. The van der Waals surface area contributed by atoms with Crippen molar-refractivity contribution in [2.45, 2.75) is 33.7 Å². The van der Waals surface area contributed by atoms with Crippen LogP contribution in [0.1, 0.15) is 41.9 Å². The van der Waals surface area contributed by atoms with E-state index in [1.165, 1.54) is 0 Å². The Balaban J connectivity index is 2.11. The molecule has 0 bridgehead atoms. The number of nitrogens with two attached hydrogens (primary N) is 1. The summed E-state index contributed by atoms with van der Waals surface area (Å²) >= 11 is 0. The van der Waals surface area contributed by atoms with Crippen molar-refractivity contribution in [3.63, 3.8) is 0 Å². The first-order valence-corrected chi connectivity index (χ1v) is 9.38. The molecule has 0 spiro atoms. The standard InChI is InChI=1S/C22H26N4O2/c1-14(2)11-20(27)25(4)13-18-21(16-7-5-15(3)6-8-16)24-19-10-9-17(22(23)28)12-26(18)19/h5-10,12,14H,11,13H2,1-4H3,(H2,23,28). The number of amides is 2. The van der Waals surface area contributed by atoms with Crippen molar-refractivity contribution in [1.82, 2.24) is 14.3 Å². The highest BCUT2D eigenvalue weighted by Gasteiger charge is 2.19. The van der Waals surface area contributed by atoms with Crippen LogP contribution in [-0.4, -0.2) is 33.1 Å². The number of pyridine rings is 1. The predicted molar refractivity (Wildman–Crippen MR) is 110 cm³/mol. The lowest BCUT2D eigenvalue weighted by atomic mass is 10.1. The number of benzene rings is 1. The van der Waals surface area contributed by atoms with E-state index in [0.29, 0.717) is 24.2 Å². The minimum absolute atomic E-state index is 0.0749. The van der Waals surface area contributed by atoms with Gasteiger partial charge in [-0.25, -0.2) is 4.98 Å². The number of carbonyl (C=O) groups excluding carboxylic acids is 2. The number of carbonyl (C=O) groups is 2. The van der Waals surface area contributed by atoms with Gasteiger partial charge >= 0.3 is 0 Å². The molecule has 0 radical (unpaired) electrons. The van der Waals surface area contributed by atoms with Gasteiger partial charge in [0.1, 0.15) is 5.65 Å². The van der Waals surface area contributed by atoms with E-state index in [-0.39, 0.29) is 11.8 Å². The molecule has 0 fully saturated rings. The van der Waals surface area contributed by atoms with E-state index in [1.54, 1.807) is 30.3 Å². The molecule has 0 aliphatic heterocycles. The van der Waals surface area contributed by atoms with E-state index in [4.69, 9.17) is 10.7 Å². The van der Waals surface area contributed by atoms with Gasteiger partial charge in [-0.1, -0.05) is 43.7 Å². The molecular weight excluding hydrogens is 352 g/mol. The largest absolute Gasteiger partial charge is 0.366 e. The molecule has 2 N–H and O–H groups in total. The summed E-state index contributed by atoms with van der Waals surface area (Å²) in [4.78, 5) is 30.6. The molecule has 0 saturated heterocycles. The highest BCUT2D eigenvalue weighted by molar-refractivity contribution is 5.92. The fourth-order valence-corrected chi connectivity index (χ4v) is 3.15. The van der Waals surface area contributed by atoms with E-state index in [1.807, 2.05) is 49.4 Å². The molecule has 6 nitrogen and oxygen atoms in total. The number of hydrogen-bond acceptors (Lipinski definition) is 3. The van der Waals surface area contributed by atoms with Gasteiger partial charge in [-0.05, 0) is 25.0 Å². The molecule has 0 aliphatic carbocycles. The van der Waals surface area contributed by atoms with Crippen LogP contribution in [0, 0.1) is 12.8 Å². The third-order valence-corrected chi connectivity index (χ3v) is 4.72. The lowest BCUT2D eigenvalue weighted by Gasteiger charge is -2.19. The van der Waals surface area contributed by atoms with Crippen LogP contribution in [0.5, 0.6) is 0 Å². The minimum atomic E-state index is -0.498. The van der Waals surface area contributed by atoms with Gasteiger partial charge in [-0.3, -0.25) is 9.59 Å². The first-order chi connectivity index (χ1) is 13.3. The topological polar surface area (TPSA) is 80.7 Å². The summed E-state index contributed by atoms with van der Waals surface area (Å²) in [6.07, 6.45) is 2.18. The number of rotatable bonds is 6. The second-order valence-electron chi connectivity index (χ2n) is 7.63. The quantitative estimate of drug-likeness (QED) is 0.714. The van der Waals surface area contributed by atoms with Crippen molar-refractivity contribution in [3.8, 4) is 11.3 Å². The number of fused-ring (bicyclic) bond motifs is 1. The monoisotopic (exact) mass is 378 g/mol. The Morgan fingerprint density at radius 2 is 1.82 bits per heavy atom. The lowest BCUT2D eigenvalue weighted by Crippen LogP contribution is -2.28. The van der Waals surface area contributed by atoms with Gasteiger partial charge in [0, 0.05) is 25.2 Å². The Morgan fingerprint density at radius 1 is 1.14 bits per heavy atom. The Hall–Kier alpha value is -3.15. The summed E-state index contributed by atoms with van der Waals surface area (Å²) < 4.78 is 1.86. The maximum Gasteiger partial charge on any atom is 0.250 e. The highest BCUT2D eigenvalue weighted by Crippen LogP contribution is 2.26. The van der Waals surface area contributed by atoms with Crippen LogP contribution in [0.4, 0.5) is 0 Å². The maximum absolute atomic E-state index is 12.5. The zero-order valence-electron chi connectivity index (χ0n) is 16.8. The van der Waals surface area contributed by atoms with Crippen molar-refractivity contribution >= 4 is 17.5 Å². The van der Waals surface area contributed by atoms with Gasteiger partial charge < -0.3 is 15.0 Å². The molecule has 3 rings (SSSR count). The van der Waals surface area contributed by atoms with Crippen molar-refractivity contribution in [1.29, 1.82) is 0 Å². The fraction of sp³-hybridized carbons (Fsp3) is 0.318. The summed E-state index contributed by atoms with van der Waals surface area (Å²) in [5, 5.41) is 0. The molecule has 3 aromatic rings. The molecule has 0 atom stereocenters. The third-order valence-electron chi connectivity index (χ3n) is 4.72. The normalized spacial score (nSPS) is 11.2. The van der Waals surface area contributed by atoms with Gasteiger partial charge in [0.2, 0.25) is 11.8 Å². The van der Waals surface area contributed by atoms with Crippen LogP contribution in [0.25, 0.3) is 16.9 Å². The number of imidazole rings is 1. The van der Waals surface area contributed by atoms with Crippen LogP contribution in [0.2, 0.25) is 0 Å². The molecule has 2 aromatic heterocycles. The number of aromatic nitrogens is 2. The van der Waals surface area contributed by atoms with Gasteiger partial charge in [0.05, 0.1) is 23.5 Å². The Labute approximate surface area is 165 Å². The lowest BCUT2D eigenvalue weighted by molar-refractivity contribution is -0.131. The van der Waals surface area contributed by atoms with E-state index in [9.17, 15) is 9.59 Å². The Bertz CT molecular complexity index is 1020. The average molecular weight is 378 g/mol. The average Bonchev–Trinajstić information content (AvgIpc) is 2.99. The van der Waals surface area contributed by atoms with Gasteiger partial charge in [0.15, 0.2) is 0 Å². The summed E-state index contributed by atoms with van der Waals surface area (Å²) in [7, 11) is 1.79. The zero-order chi connectivity index (χ0) is 20.4. The molecule has 2 amide bonds. The molecule has 146 valence electrons. The van der Waals surface area contributed by atoms with Gasteiger partial charge in [-0.2, -0.15) is 0 Å². The fourth-order valence-electron chi connectivity index (χ4n) is 3.15. The second-order valence-corrected chi connectivity index (χ2v) is 7.63. The van der Waals surface area contributed by atoms with E-state index < -0.39 is 5.91 Å². The van der Waals surface area contributed by atoms with Gasteiger partial charge in [0.25, 0.3) is 0 Å². The molecule has 28 heavy (non-hydrogen) atoms. The zero-order valence-corrected chi connectivity index (χ0v) is 16.8. The van der Waals surface area contributed by atoms with E-state index >= 15 is 0 Å². The summed E-state index contributed by atoms with van der Waals surface area (Å²) in [6, 6.07) is 11.5. The molecule has 2 heterocycles. The van der Waals surface area contributed by atoms with Crippen LogP contribution in [-0.2, 0) is 11.3 Å². The summed E-state index contributed by atoms with van der Waals surface area (Å²) in [6.45, 7) is 6.47.